The molecule has 1 aliphatic rings. The number of carbonyl (C=O) groups is 1. The molecule has 22 heavy (non-hydrogen) atoms. The van der Waals surface area contributed by atoms with Crippen LogP contribution in [0.15, 0.2) is 48.5 Å². The fourth-order valence-corrected chi connectivity index (χ4v) is 2.85. The van der Waals surface area contributed by atoms with Crippen molar-refractivity contribution in [2.45, 2.75) is 25.4 Å². The van der Waals surface area contributed by atoms with E-state index in [-0.39, 0.29) is 11.9 Å². The van der Waals surface area contributed by atoms with E-state index in [1.807, 2.05) is 24.3 Å². The van der Waals surface area contributed by atoms with Crippen LogP contribution in [-0.2, 0) is 11.2 Å². The van der Waals surface area contributed by atoms with E-state index in [1.165, 1.54) is 5.56 Å². The Morgan fingerprint density at radius 2 is 1.73 bits per heavy atom. The third-order valence-electron chi connectivity index (χ3n) is 4.22. The van der Waals surface area contributed by atoms with Gasteiger partial charge in [-0.25, -0.2) is 0 Å². The zero-order chi connectivity index (χ0) is 15.7. The van der Waals surface area contributed by atoms with Crippen LogP contribution < -0.4 is 15.4 Å². The van der Waals surface area contributed by atoms with Gasteiger partial charge in [-0.2, -0.15) is 0 Å². The fourth-order valence-electron chi connectivity index (χ4n) is 2.85. The zero-order valence-electron chi connectivity index (χ0n) is 12.8. The summed E-state index contributed by atoms with van der Waals surface area (Å²) in [6.07, 6.45) is 0.998. The third-order valence-corrected chi connectivity index (χ3v) is 4.22. The van der Waals surface area contributed by atoms with Crippen molar-refractivity contribution in [2.75, 3.05) is 12.0 Å². The maximum Gasteiger partial charge on any atom is 0.247 e. The van der Waals surface area contributed by atoms with Crippen molar-refractivity contribution < 1.29 is 9.53 Å². The molecule has 4 nitrogen and oxygen atoms in total. The summed E-state index contributed by atoms with van der Waals surface area (Å²) in [5, 5.41) is 0. The minimum Gasteiger partial charge on any atom is -0.497 e. The number of anilines is 1. The average molecular weight is 296 g/mol. The molecule has 1 fully saturated rings. The summed E-state index contributed by atoms with van der Waals surface area (Å²) in [6, 6.07) is 15.2. The van der Waals surface area contributed by atoms with E-state index in [1.54, 1.807) is 12.0 Å². The van der Waals surface area contributed by atoms with E-state index < -0.39 is 6.04 Å². The van der Waals surface area contributed by atoms with E-state index in [0.717, 1.165) is 23.4 Å². The summed E-state index contributed by atoms with van der Waals surface area (Å²) < 4.78 is 5.16. The first kappa shape index (κ1) is 14.6. The molecule has 0 spiro atoms. The minimum atomic E-state index is -0.477. The fraction of sp³-hybridized carbons (Fsp3) is 0.278. The smallest absolute Gasteiger partial charge is 0.247 e. The van der Waals surface area contributed by atoms with E-state index in [2.05, 4.69) is 31.2 Å². The number of rotatable bonds is 4. The molecule has 0 aromatic heterocycles. The predicted octanol–water partition coefficient (Wildman–Crippen LogP) is 2.67. The van der Waals surface area contributed by atoms with E-state index >= 15 is 0 Å². The number of hydrogen-bond acceptors (Lipinski definition) is 3. The average Bonchev–Trinajstić information content (AvgIpc) is 2.59. The van der Waals surface area contributed by atoms with E-state index in [9.17, 15) is 4.79 Å². The topological polar surface area (TPSA) is 55.6 Å². The Bertz CT molecular complexity index is 664. The molecule has 0 aliphatic carbocycles. The minimum absolute atomic E-state index is 0.0465. The van der Waals surface area contributed by atoms with Gasteiger partial charge in [-0.05, 0) is 41.8 Å². The molecule has 3 rings (SSSR count). The number of hydrogen-bond donors (Lipinski definition) is 1. The maximum absolute atomic E-state index is 12.2. The highest BCUT2D eigenvalue weighted by Gasteiger charge is 2.46. The summed E-state index contributed by atoms with van der Waals surface area (Å²) in [4.78, 5) is 13.9. The highest BCUT2D eigenvalue weighted by molar-refractivity contribution is 6.05. The van der Waals surface area contributed by atoms with Crippen molar-refractivity contribution in [2.24, 2.45) is 5.73 Å². The first-order valence-corrected chi connectivity index (χ1v) is 7.47. The van der Waals surface area contributed by atoms with Crippen molar-refractivity contribution in [3.8, 4) is 5.75 Å². The Kier molecular flexibility index (Phi) is 3.86. The van der Waals surface area contributed by atoms with Crippen LogP contribution in [-0.4, -0.2) is 19.1 Å². The van der Waals surface area contributed by atoms with Gasteiger partial charge in [-0.1, -0.05) is 31.2 Å². The molecule has 1 aliphatic heterocycles. The lowest BCUT2D eigenvalue weighted by atomic mass is 9.88. The lowest BCUT2D eigenvalue weighted by Crippen LogP contribution is -2.63. The van der Waals surface area contributed by atoms with Gasteiger partial charge in [-0.3, -0.25) is 4.79 Å². The molecular formula is C18H20N2O2. The number of amides is 1. The molecule has 1 heterocycles. The van der Waals surface area contributed by atoms with Crippen molar-refractivity contribution in [1.82, 2.24) is 0 Å². The molecule has 4 heteroatoms. The van der Waals surface area contributed by atoms with Crippen molar-refractivity contribution in [3.05, 3.63) is 59.7 Å². The number of benzene rings is 2. The number of carbonyl (C=O) groups excluding carboxylic acids is 1. The largest absolute Gasteiger partial charge is 0.497 e. The molecule has 2 N–H and O–H groups in total. The van der Waals surface area contributed by atoms with Gasteiger partial charge in [0.05, 0.1) is 13.2 Å². The van der Waals surface area contributed by atoms with Crippen LogP contribution in [0.2, 0.25) is 0 Å². The summed E-state index contributed by atoms with van der Waals surface area (Å²) >= 11 is 0. The van der Waals surface area contributed by atoms with Gasteiger partial charge in [0.2, 0.25) is 5.91 Å². The van der Waals surface area contributed by atoms with Gasteiger partial charge in [0.25, 0.3) is 0 Å². The molecule has 0 unspecified atom stereocenters. The SMILES string of the molecule is CCc1ccc([C@@H]2[C@@H](N)C(=O)N2c2ccc(OC)cc2)cc1. The first-order valence-electron chi connectivity index (χ1n) is 7.47. The van der Waals surface area contributed by atoms with Crippen LogP contribution >= 0.6 is 0 Å². The standard InChI is InChI=1S/C18H20N2O2/c1-3-12-4-6-13(7-5-12)17-16(19)18(21)20(17)14-8-10-15(22-2)11-9-14/h4-11,16-17H,3,19H2,1-2H3/t16-,17-/m1/s1. The lowest BCUT2D eigenvalue weighted by Gasteiger charge is -2.45. The van der Waals surface area contributed by atoms with Crippen LogP contribution in [0.3, 0.4) is 0 Å². The zero-order valence-corrected chi connectivity index (χ0v) is 12.8. The molecule has 1 amide bonds. The van der Waals surface area contributed by atoms with Crippen LogP contribution in [0, 0.1) is 0 Å². The van der Waals surface area contributed by atoms with Crippen LogP contribution in [0.1, 0.15) is 24.1 Å². The Morgan fingerprint density at radius 1 is 1.09 bits per heavy atom. The third kappa shape index (κ3) is 2.35. The van der Waals surface area contributed by atoms with Gasteiger partial charge in [-0.15, -0.1) is 0 Å². The van der Waals surface area contributed by atoms with Crippen molar-refractivity contribution in [1.29, 1.82) is 0 Å². The van der Waals surface area contributed by atoms with Gasteiger partial charge in [0.1, 0.15) is 11.8 Å². The summed E-state index contributed by atoms with van der Waals surface area (Å²) in [7, 11) is 1.62. The lowest BCUT2D eigenvalue weighted by molar-refractivity contribution is -0.126. The predicted molar refractivity (Wildman–Crippen MR) is 87.0 cm³/mol. The summed E-state index contributed by atoms with van der Waals surface area (Å²) in [6.45, 7) is 2.12. The number of ether oxygens (including phenoxy) is 1. The second-order valence-corrected chi connectivity index (χ2v) is 5.47. The molecule has 1 saturated heterocycles. The van der Waals surface area contributed by atoms with Crippen LogP contribution in [0.4, 0.5) is 5.69 Å². The maximum atomic E-state index is 12.2. The summed E-state index contributed by atoms with van der Waals surface area (Å²) in [5.74, 6) is 0.722. The molecule has 2 aromatic carbocycles. The summed E-state index contributed by atoms with van der Waals surface area (Å²) in [5.41, 5.74) is 9.23. The van der Waals surface area contributed by atoms with Gasteiger partial charge >= 0.3 is 0 Å². The number of nitrogens with zero attached hydrogens (tertiary/aromatic N) is 1. The van der Waals surface area contributed by atoms with E-state index in [0.29, 0.717) is 0 Å². The van der Waals surface area contributed by atoms with Gasteiger partial charge in [0, 0.05) is 5.69 Å². The molecular weight excluding hydrogens is 276 g/mol. The molecule has 2 aromatic rings. The van der Waals surface area contributed by atoms with Crippen LogP contribution in [0.5, 0.6) is 5.75 Å². The normalized spacial score (nSPS) is 20.7. The Labute approximate surface area is 130 Å². The van der Waals surface area contributed by atoms with E-state index in [4.69, 9.17) is 10.5 Å². The first-order chi connectivity index (χ1) is 10.7. The Morgan fingerprint density at radius 3 is 2.27 bits per heavy atom. The number of β-lactam (4-membered cyclic amide) rings is 1. The molecule has 0 saturated carbocycles. The monoisotopic (exact) mass is 296 g/mol. The number of aryl methyl sites for hydroxylation is 1. The molecule has 0 radical (unpaired) electrons. The molecule has 2 atom stereocenters. The number of nitrogens with two attached hydrogens (primary N) is 1. The highest BCUT2D eigenvalue weighted by Crippen LogP contribution is 2.38. The Hall–Kier alpha value is -2.33. The second kappa shape index (κ2) is 5.81. The Balaban J connectivity index is 1.89. The molecule has 0 bridgehead atoms. The highest BCUT2D eigenvalue weighted by atomic mass is 16.5. The second-order valence-electron chi connectivity index (χ2n) is 5.47. The van der Waals surface area contributed by atoms with Gasteiger partial charge in [0.15, 0.2) is 0 Å². The number of methoxy groups -OCH3 is 1. The quantitative estimate of drug-likeness (QED) is 0.883. The van der Waals surface area contributed by atoms with Crippen molar-refractivity contribution in [3.63, 3.8) is 0 Å². The van der Waals surface area contributed by atoms with Crippen molar-refractivity contribution >= 4 is 11.6 Å². The molecule has 114 valence electrons. The van der Waals surface area contributed by atoms with Crippen LogP contribution in [0.25, 0.3) is 0 Å². The van der Waals surface area contributed by atoms with Gasteiger partial charge < -0.3 is 15.4 Å².